The highest BCUT2D eigenvalue weighted by molar-refractivity contribution is 6.07. The summed E-state index contributed by atoms with van der Waals surface area (Å²) in [5.41, 5.74) is 0.712. The number of pyridine rings is 1. The number of carboxylic acid groups (broad SMARTS) is 1. The number of nitrogens with one attached hydrogen (secondary N) is 1. The molecule has 1 heterocycles. The number of carbonyl (C=O) groups is 2. The van der Waals surface area contributed by atoms with Gasteiger partial charge in [0.2, 0.25) is 0 Å². The van der Waals surface area contributed by atoms with E-state index in [0.29, 0.717) is 23.9 Å². The van der Waals surface area contributed by atoms with Crippen LogP contribution < -0.4 is 5.32 Å². The Labute approximate surface area is 134 Å². The van der Waals surface area contributed by atoms with Gasteiger partial charge in [0.1, 0.15) is 5.54 Å². The zero-order valence-electron chi connectivity index (χ0n) is 13.1. The maximum Gasteiger partial charge on any atom is 0.329 e. The smallest absolute Gasteiger partial charge is 0.329 e. The number of rotatable bonds is 3. The Hall–Kier alpha value is -2.43. The molecule has 0 spiro atoms. The van der Waals surface area contributed by atoms with Gasteiger partial charge in [-0.1, -0.05) is 37.5 Å². The zero-order valence-corrected chi connectivity index (χ0v) is 13.1. The van der Waals surface area contributed by atoms with Crippen molar-refractivity contribution < 1.29 is 14.7 Å². The van der Waals surface area contributed by atoms with Gasteiger partial charge in [0.05, 0.1) is 11.1 Å². The molecule has 5 heteroatoms. The van der Waals surface area contributed by atoms with Crippen molar-refractivity contribution in [3.05, 3.63) is 41.6 Å². The van der Waals surface area contributed by atoms with Crippen LogP contribution >= 0.6 is 0 Å². The van der Waals surface area contributed by atoms with Crippen molar-refractivity contribution in [3.8, 4) is 0 Å². The minimum absolute atomic E-state index is 0.363. The molecule has 1 aromatic heterocycles. The zero-order chi connectivity index (χ0) is 16.4. The summed E-state index contributed by atoms with van der Waals surface area (Å²) in [7, 11) is 0. The molecule has 0 bridgehead atoms. The number of fused-ring (bicyclic) bond motifs is 1. The molecule has 0 unspecified atom stereocenters. The highest BCUT2D eigenvalue weighted by atomic mass is 16.4. The summed E-state index contributed by atoms with van der Waals surface area (Å²) in [5, 5.41) is 13.3. The number of para-hydroxylation sites is 1. The van der Waals surface area contributed by atoms with Gasteiger partial charge in [-0.25, -0.2) is 4.79 Å². The molecule has 1 aromatic carbocycles. The van der Waals surface area contributed by atoms with Crippen LogP contribution in [0.15, 0.2) is 30.3 Å². The predicted molar refractivity (Wildman–Crippen MR) is 87.4 cm³/mol. The second kappa shape index (κ2) is 5.99. The minimum atomic E-state index is -1.15. The molecule has 1 fully saturated rings. The van der Waals surface area contributed by atoms with E-state index in [-0.39, 0.29) is 5.91 Å². The second-order valence-electron chi connectivity index (χ2n) is 6.23. The third-order valence-electron chi connectivity index (χ3n) is 4.57. The lowest BCUT2D eigenvalue weighted by Gasteiger charge is -2.34. The summed E-state index contributed by atoms with van der Waals surface area (Å²) in [6, 6.07) is 9.20. The molecule has 0 aliphatic heterocycles. The van der Waals surface area contributed by atoms with Gasteiger partial charge in [0.15, 0.2) is 0 Å². The lowest BCUT2D eigenvalue weighted by molar-refractivity contribution is -0.145. The molecule has 2 aromatic rings. The fourth-order valence-electron chi connectivity index (χ4n) is 3.26. The van der Waals surface area contributed by atoms with E-state index in [9.17, 15) is 14.7 Å². The third-order valence-corrected chi connectivity index (χ3v) is 4.57. The van der Waals surface area contributed by atoms with E-state index in [1.807, 2.05) is 25.1 Å². The number of hydrogen-bond acceptors (Lipinski definition) is 3. The lowest BCUT2D eigenvalue weighted by atomic mass is 9.81. The number of hydrogen-bond donors (Lipinski definition) is 2. The van der Waals surface area contributed by atoms with E-state index in [1.54, 1.807) is 12.1 Å². The van der Waals surface area contributed by atoms with Crippen LogP contribution in [-0.2, 0) is 4.79 Å². The lowest BCUT2D eigenvalue weighted by Crippen LogP contribution is -2.55. The van der Waals surface area contributed by atoms with E-state index in [0.717, 1.165) is 30.3 Å². The Balaban J connectivity index is 1.97. The molecule has 5 nitrogen and oxygen atoms in total. The summed E-state index contributed by atoms with van der Waals surface area (Å²) in [6.07, 6.45) is 3.61. The van der Waals surface area contributed by atoms with Gasteiger partial charge in [-0.2, -0.15) is 0 Å². The van der Waals surface area contributed by atoms with Crippen LogP contribution in [0.5, 0.6) is 0 Å². The van der Waals surface area contributed by atoms with Crippen LogP contribution in [-0.4, -0.2) is 27.5 Å². The Morgan fingerprint density at radius 3 is 2.57 bits per heavy atom. The molecule has 120 valence electrons. The average Bonchev–Trinajstić information content (AvgIpc) is 2.54. The minimum Gasteiger partial charge on any atom is -0.480 e. The molecule has 2 N–H and O–H groups in total. The van der Waals surface area contributed by atoms with Gasteiger partial charge in [0.25, 0.3) is 5.91 Å². The first-order valence-electron chi connectivity index (χ1n) is 7.94. The van der Waals surface area contributed by atoms with Crippen molar-refractivity contribution in [2.45, 2.75) is 44.6 Å². The second-order valence-corrected chi connectivity index (χ2v) is 6.23. The van der Waals surface area contributed by atoms with E-state index >= 15 is 0 Å². The first-order valence-corrected chi connectivity index (χ1v) is 7.94. The summed E-state index contributed by atoms with van der Waals surface area (Å²) in [6.45, 7) is 1.87. The molecule has 0 radical (unpaired) electrons. The highest BCUT2D eigenvalue weighted by Gasteiger charge is 2.41. The first kappa shape index (κ1) is 15.5. The molecule has 1 amide bonds. The van der Waals surface area contributed by atoms with Crippen LogP contribution in [0, 0.1) is 6.92 Å². The number of amides is 1. The van der Waals surface area contributed by atoms with Crippen molar-refractivity contribution in [2.24, 2.45) is 0 Å². The fraction of sp³-hybridized carbons (Fsp3) is 0.389. The van der Waals surface area contributed by atoms with Crippen molar-refractivity contribution in [1.82, 2.24) is 10.3 Å². The largest absolute Gasteiger partial charge is 0.480 e. The Morgan fingerprint density at radius 2 is 1.87 bits per heavy atom. The Kier molecular flexibility index (Phi) is 4.03. The van der Waals surface area contributed by atoms with E-state index in [4.69, 9.17) is 0 Å². The van der Waals surface area contributed by atoms with E-state index in [1.165, 1.54) is 0 Å². The number of carbonyl (C=O) groups excluding carboxylic acids is 1. The molecular weight excluding hydrogens is 292 g/mol. The van der Waals surface area contributed by atoms with Crippen LogP contribution in [0.25, 0.3) is 10.9 Å². The molecular formula is C18H20N2O3. The number of aliphatic carboxylic acids is 1. The van der Waals surface area contributed by atoms with Gasteiger partial charge in [-0.05, 0) is 31.9 Å². The van der Waals surface area contributed by atoms with Gasteiger partial charge in [-0.3, -0.25) is 9.78 Å². The van der Waals surface area contributed by atoms with Crippen molar-refractivity contribution in [1.29, 1.82) is 0 Å². The van der Waals surface area contributed by atoms with Gasteiger partial charge in [-0.15, -0.1) is 0 Å². The number of aryl methyl sites for hydroxylation is 1. The van der Waals surface area contributed by atoms with Gasteiger partial charge < -0.3 is 10.4 Å². The Bertz CT molecular complexity index is 764. The molecule has 3 rings (SSSR count). The fourth-order valence-corrected chi connectivity index (χ4v) is 3.26. The quantitative estimate of drug-likeness (QED) is 0.913. The molecule has 0 saturated heterocycles. The SMILES string of the molecule is Cc1ccc2cccc(C(=O)NC3(C(=O)O)CCCCC3)c2n1. The van der Waals surface area contributed by atoms with Crippen LogP contribution in [0.2, 0.25) is 0 Å². The van der Waals surface area contributed by atoms with Crippen molar-refractivity contribution in [2.75, 3.05) is 0 Å². The van der Waals surface area contributed by atoms with Crippen LogP contribution in [0.4, 0.5) is 0 Å². The van der Waals surface area contributed by atoms with Crippen LogP contribution in [0.3, 0.4) is 0 Å². The van der Waals surface area contributed by atoms with E-state index < -0.39 is 11.5 Å². The Morgan fingerprint density at radius 1 is 1.13 bits per heavy atom. The molecule has 1 aliphatic carbocycles. The standard InChI is InChI=1S/C18H20N2O3/c1-12-8-9-13-6-5-7-14(15(13)19-12)16(21)20-18(17(22)23)10-3-2-4-11-18/h5-9H,2-4,10-11H2,1H3,(H,20,21)(H,22,23). The first-order chi connectivity index (χ1) is 11.0. The molecule has 0 atom stereocenters. The average molecular weight is 312 g/mol. The maximum absolute atomic E-state index is 12.7. The number of carboxylic acids is 1. The molecule has 1 saturated carbocycles. The topological polar surface area (TPSA) is 79.3 Å². The maximum atomic E-state index is 12.7. The van der Waals surface area contributed by atoms with Crippen molar-refractivity contribution in [3.63, 3.8) is 0 Å². The normalized spacial score (nSPS) is 16.9. The number of aromatic nitrogens is 1. The van der Waals surface area contributed by atoms with Gasteiger partial charge in [0, 0.05) is 11.1 Å². The monoisotopic (exact) mass is 312 g/mol. The third kappa shape index (κ3) is 2.91. The van der Waals surface area contributed by atoms with Crippen molar-refractivity contribution >= 4 is 22.8 Å². The molecule has 23 heavy (non-hydrogen) atoms. The predicted octanol–water partition coefficient (Wildman–Crippen LogP) is 3.06. The van der Waals surface area contributed by atoms with Gasteiger partial charge >= 0.3 is 5.97 Å². The van der Waals surface area contributed by atoms with Crippen LogP contribution in [0.1, 0.15) is 48.2 Å². The van der Waals surface area contributed by atoms with E-state index in [2.05, 4.69) is 10.3 Å². The number of nitrogens with zero attached hydrogens (tertiary/aromatic N) is 1. The summed E-state index contributed by atoms with van der Waals surface area (Å²) in [5.74, 6) is -1.31. The highest BCUT2D eigenvalue weighted by Crippen LogP contribution is 2.29. The number of benzene rings is 1. The summed E-state index contributed by atoms with van der Waals surface area (Å²) < 4.78 is 0. The summed E-state index contributed by atoms with van der Waals surface area (Å²) in [4.78, 5) is 28.9. The molecule has 1 aliphatic rings. The summed E-state index contributed by atoms with van der Waals surface area (Å²) >= 11 is 0.